The largest absolute Gasteiger partial charge is 0.338 e. The van der Waals surface area contributed by atoms with Crippen LogP contribution in [0.15, 0.2) is 22.7 Å². The van der Waals surface area contributed by atoms with E-state index in [2.05, 4.69) is 26.6 Å². The number of amides is 2. The lowest BCUT2D eigenvalue weighted by molar-refractivity contribution is 0.252. The van der Waals surface area contributed by atoms with Crippen molar-refractivity contribution in [2.24, 2.45) is 0 Å². The monoisotopic (exact) mass is 270 g/mol. The summed E-state index contributed by atoms with van der Waals surface area (Å²) in [6, 6.07) is 5.64. The lowest BCUT2D eigenvalue weighted by atomic mass is 10.2. The highest BCUT2D eigenvalue weighted by atomic mass is 79.9. The molecule has 2 amide bonds. The van der Waals surface area contributed by atoms with Crippen LogP contribution in [0.2, 0.25) is 0 Å². The number of carbonyl (C=O) groups is 1. The van der Waals surface area contributed by atoms with Gasteiger partial charge in [0, 0.05) is 11.0 Å². The average Bonchev–Trinajstić information content (AvgIpc) is 2.19. The van der Waals surface area contributed by atoms with Gasteiger partial charge in [-0.3, -0.25) is 0 Å². The van der Waals surface area contributed by atoms with Gasteiger partial charge in [0.2, 0.25) is 0 Å². The Hall–Kier alpha value is -1.03. The molecule has 0 saturated heterocycles. The van der Waals surface area contributed by atoms with E-state index in [0.717, 1.165) is 22.1 Å². The molecule has 0 heterocycles. The Morgan fingerprint density at radius 3 is 2.80 bits per heavy atom. The third kappa shape index (κ3) is 3.91. The molecule has 0 fully saturated rings. The number of nitrogens with one attached hydrogen (secondary N) is 2. The molecule has 1 aromatic rings. The van der Waals surface area contributed by atoms with E-state index >= 15 is 0 Å². The summed E-state index contributed by atoms with van der Waals surface area (Å²) in [5, 5.41) is 5.53. The molecule has 0 radical (unpaired) electrons. The third-order valence-electron chi connectivity index (χ3n) is 1.91. The number of aryl methyl sites for hydroxylation is 1. The van der Waals surface area contributed by atoms with Gasteiger partial charge in [-0.25, -0.2) is 4.79 Å². The van der Waals surface area contributed by atoms with Crippen molar-refractivity contribution in [1.29, 1.82) is 0 Å². The molecular weight excluding hydrogens is 256 g/mol. The van der Waals surface area contributed by atoms with Crippen LogP contribution in [0, 0.1) is 6.92 Å². The van der Waals surface area contributed by atoms with Gasteiger partial charge in [0.25, 0.3) is 0 Å². The number of benzene rings is 1. The highest BCUT2D eigenvalue weighted by Crippen LogP contribution is 2.22. The van der Waals surface area contributed by atoms with Crippen LogP contribution in [0.4, 0.5) is 10.5 Å². The quantitative estimate of drug-likeness (QED) is 0.870. The molecule has 2 N–H and O–H groups in total. The van der Waals surface area contributed by atoms with Crippen molar-refractivity contribution >= 4 is 27.6 Å². The summed E-state index contributed by atoms with van der Waals surface area (Å²) in [6.45, 7) is 4.71. The summed E-state index contributed by atoms with van der Waals surface area (Å²) in [5.74, 6) is 0. The molecule has 0 atom stereocenters. The number of anilines is 1. The van der Waals surface area contributed by atoms with Crippen LogP contribution in [0.25, 0.3) is 0 Å². The molecule has 0 spiro atoms. The highest BCUT2D eigenvalue weighted by molar-refractivity contribution is 9.10. The standard InChI is InChI=1S/C11H15BrN2O/c1-3-6-13-11(15)14-10-5-4-8(2)7-9(10)12/h4-5,7H,3,6H2,1-2H3,(H2,13,14,15). The summed E-state index contributed by atoms with van der Waals surface area (Å²) in [7, 11) is 0. The van der Waals surface area contributed by atoms with Crippen LogP contribution in [-0.4, -0.2) is 12.6 Å². The molecule has 0 aliphatic carbocycles. The Balaban J connectivity index is 2.60. The number of hydrogen-bond acceptors (Lipinski definition) is 1. The SMILES string of the molecule is CCCNC(=O)Nc1ccc(C)cc1Br. The number of halogens is 1. The summed E-state index contributed by atoms with van der Waals surface area (Å²) in [4.78, 5) is 11.4. The van der Waals surface area contributed by atoms with Gasteiger partial charge in [0.15, 0.2) is 0 Å². The van der Waals surface area contributed by atoms with E-state index in [1.54, 1.807) is 0 Å². The Morgan fingerprint density at radius 1 is 1.47 bits per heavy atom. The van der Waals surface area contributed by atoms with E-state index in [1.165, 1.54) is 0 Å². The molecule has 15 heavy (non-hydrogen) atoms. The van der Waals surface area contributed by atoms with E-state index in [9.17, 15) is 4.79 Å². The zero-order chi connectivity index (χ0) is 11.3. The molecule has 0 aliphatic rings. The minimum atomic E-state index is -0.165. The van der Waals surface area contributed by atoms with Crippen molar-refractivity contribution in [3.05, 3.63) is 28.2 Å². The van der Waals surface area contributed by atoms with Crippen LogP contribution >= 0.6 is 15.9 Å². The van der Waals surface area contributed by atoms with Gasteiger partial charge in [0.05, 0.1) is 5.69 Å². The third-order valence-corrected chi connectivity index (χ3v) is 2.56. The first-order valence-electron chi connectivity index (χ1n) is 4.94. The first-order chi connectivity index (χ1) is 7.13. The molecule has 3 nitrogen and oxygen atoms in total. The number of hydrogen-bond donors (Lipinski definition) is 2. The van der Waals surface area contributed by atoms with Crippen LogP contribution in [-0.2, 0) is 0 Å². The van der Waals surface area contributed by atoms with Gasteiger partial charge in [-0.05, 0) is 47.0 Å². The predicted octanol–water partition coefficient (Wildman–Crippen LogP) is 3.29. The van der Waals surface area contributed by atoms with Gasteiger partial charge in [-0.1, -0.05) is 13.0 Å². The second-order valence-corrected chi connectivity index (χ2v) is 4.22. The first-order valence-corrected chi connectivity index (χ1v) is 5.73. The van der Waals surface area contributed by atoms with Crippen molar-refractivity contribution < 1.29 is 4.79 Å². The van der Waals surface area contributed by atoms with Gasteiger partial charge < -0.3 is 10.6 Å². The second-order valence-electron chi connectivity index (χ2n) is 3.36. The Morgan fingerprint density at radius 2 is 2.20 bits per heavy atom. The van der Waals surface area contributed by atoms with Crippen LogP contribution in [0.3, 0.4) is 0 Å². The highest BCUT2D eigenvalue weighted by Gasteiger charge is 2.03. The van der Waals surface area contributed by atoms with Gasteiger partial charge in [-0.15, -0.1) is 0 Å². The molecule has 0 saturated carbocycles. The summed E-state index contributed by atoms with van der Waals surface area (Å²) in [5.41, 5.74) is 1.94. The smallest absolute Gasteiger partial charge is 0.319 e. The Bertz CT molecular complexity index is 352. The van der Waals surface area contributed by atoms with Gasteiger partial charge in [-0.2, -0.15) is 0 Å². The lowest BCUT2D eigenvalue weighted by Crippen LogP contribution is -2.29. The summed E-state index contributed by atoms with van der Waals surface area (Å²) < 4.78 is 0.897. The Kier molecular flexibility index (Phi) is 4.62. The van der Waals surface area contributed by atoms with Crippen LogP contribution < -0.4 is 10.6 Å². The van der Waals surface area contributed by atoms with E-state index in [0.29, 0.717) is 6.54 Å². The topological polar surface area (TPSA) is 41.1 Å². The van der Waals surface area contributed by atoms with Gasteiger partial charge in [0.1, 0.15) is 0 Å². The van der Waals surface area contributed by atoms with E-state index < -0.39 is 0 Å². The lowest BCUT2D eigenvalue weighted by Gasteiger charge is -2.08. The number of rotatable bonds is 3. The normalized spacial score (nSPS) is 9.80. The van der Waals surface area contributed by atoms with Crippen molar-refractivity contribution in [2.75, 3.05) is 11.9 Å². The minimum absolute atomic E-state index is 0.165. The van der Waals surface area contributed by atoms with Crippen molar-refractivity contribution in [3.8, 4) is 0 Å². The zero-order valence-electron chi connectivity index (χ0n) is 8.93. The van der Waals surface area contributed by atoms with Crippen molar-refractivity contribution in [1.82, 2.24) is 5.32 Å². The fourth-order valence-electron chi connectivity index (χ4n) is 1.13. The first kappa shape index (κ1) is 12.0. The molecule has 4 heteroatoms. The summed E-state index contributed by atoms with van der Waals surface area (Å²) in [6.07, 6.45) is 0.933. The van der Waals surface area contributed by atoms with E-state index in [1.807, 2.05) is 32.0 Å². The molecule has 0 aliphatic heterocycles. The minimum Gasteiger partial charge on any atom is -0.338 e. The molecule has 1 rings (SSSR count). The maximum atomic E-state index is 11.4. The molecule has 0 unspecified atom stereocenters. The van der Waals surface area contributed by atoms with Crippen LogP contribution in [0.5, 0.6) is 0 Å². The maximum Gasteiger partial charge on any atom is 0.319 e. The zero-order valence-corrected chi connectivity index (χ0v) is 10.5. The average molecular weight is 271 g/mol. The van der Waals surface area contributed by atoms with E-state index in [4.69, 9.17) is 0 Å². The molecule has 1 aromatic carbocycles. The Labute approximate surface area is 98.4 Å². The van der Waals surface area contributed by atoms with Gasteiger partial charge >= 0.3 is 6.03 Å². The fourth-order valence-corrected chi connectivity index (χ4v) is 1.72. The van der Waals surface area contributed by atoms with E-state index in [-0.39, 0.29) is 6.03 Å². The fraction of sp³-hybridized carbons (Fsp3) is 0.364. The predicted molar refractivity (Wildman–Crippen MR) is 66.2 cm³/mol. The van der Waals surface area contributed by atoms with Crippen LogP contribution in [0.1, 0.15) is 18.9 Å². The summed E-state index contributed by atoms with van der Waals surface area (Å²) >= 11 is 3.40. The molecule has 82 valence electrons. The number of carbonyl (C=O) groups excluding carboxylic acids is 1. The molecule has 0 aromatic heterocycles. The van der Waals surface area contributed by atoms with Crippen molar-refractivity contribution in [2.45, 2.75) is 20.3 Å². The molecule has 0 bridgehead atoms. The number of urea groups is 1. The van der Waals surface area contributed by atoms with Crippen molar-refractivity contribution in [3.63, 3.8) is 0 Å². The second kappa shape index (κ2) is 5.75. The maximum absolute atomic E-state index is 11.4. The molecular formula is C11H15BrN2O.